The van der Waals surface area contributed by atoms with E-state index >= 15 is 0 Å². The van der Waals surface area contributed by atoms with Crippen molar-refractivity contribution < 1.29 is 27.6 Å². The second-order valence-corrected chi connectivity index (χ2v) is 5.81. The maximum absolute atomic E-state index is 13.6. The van der Waals surface area contributed by atoms with Crippen LogP contribution in [0.3, 0.4) is 0 Å². The molecule has 25 heavy (non-hydrogen) atoms. The van der Waals surface area contributed by atoms with Gasteiger partial charge in [-0.15, -0.1) is 0 Å². The summed E-state index contributed by atoms with van der Waals surface area (Å²) in [4.78, 5) is 36.9. The number of carbonyl (C=O) groups excluding carboxylic acids is 3. The van der Waals surface area contributed by atoms with Gasteiger partial charge in [-0.25, -0.2) is 4.79 Å². The lowest BCUT2D eigenvalue weighted by molar-refractivity contribution is -0.200. The molecule has 1 aromatic carbocycles. The van der Waals surface area contributed by atoms with Gasteiger partial charge in [-0.3, -0.25) is 19.8 Å². The van der Waals surface area contributed by atoms with Crippen LogP contribution in [0.4, 0.5) is 18.0 Å². The quantitative estimate of drug-likeness (QED) is 0.794. The van der Waals surface area contributed by atoms with Crippen LogP contribution < -0.4 is 10.6 Å². The van der Waals surface area contributed by atoms with E-state index in [2.05, 4.69) is 0 Å². The van der Waals surface area contributed by atoms with Crippen molar-refractivity contribution in [2.45, 2.75) is 38.5 Å². The Hall–Kier alpha value is -2.58. The Morgan fingerprint density at radius 3 is 2.36 bits per heavy atom. The minimum Gasteiger partial charge on any atom is -0.314 e. The third kappa shape index (κ3) is 3.45. The molecule has 136 valence electrons. The Morgan fingerprint density at radius 1 is 1.24 bits per heavy atom. The van der Waals surface area contributed by atoms with Crippen molar-refractivity contribution in [2.75, 3.05) is 6.54 Å². The highest BCUT2D eigenvalue weighted by atomic mass is 19.4. The van der Waals surface area contributed by atoms with Crippen molar-refractivity contribution in [1.29, 1.82) is 0 Å². The maximum atomic E-state index is 13.6. The van der Waals surface area contributed by atoms with Crippen LogP contribution >= 0.6 is 0 Å². The summed E-state index contributed by atoms with van der Waals surface area (Å²) in [6, 6.07) is 4.60. The molecule has 1 aliphatic heterocycles. The molecule has 4 amide bonds. The van der Waals surface area contributed by atoms with E-state index in [0.717, 1.165) is 5.56 Å². The van der Waals surface area contributed by atoms with Gasteiger partial charge in [0, 0.05) is 12.1 Å². The number of alkyl halides is 3. The highest BCUT2D eigenvalue weighted by Crippen LogP contribution is 2.34. The third-order valence-corrected chi connectivity index (χ3v) is 3.88. The lowest BCUT2D eigenvalue weighted by Crippen LogP contribution is -2.69. The van der Waals surface area contributed by atoms with Gasteiger partial charge in [0.1, 0.15) is 0 Å². The zero-order valence-electron chi connectivity index (χ0n) is 13.7. The number of urea groups is 1. The standard InChI is InChI=1S/C16H18F3N3O3/c1-3-4-9-22-13(24)15(16(17,18)19,21-14(22)25)20-12(23)11-7-5-10(2)6-8-11/h5-8H,3-4,9H2,1-2H3,(H,20,23)(H,21,25). The Balaban J connectivity index is 2.33. The zero-order chi connectivity index (χ0) is 18.8. The van der Waals surface area contributed by atoms with Crippen LogP contribution in [0.2, 0.25) is 0 Å². The Bertz CT molecular complexity index is 688. The van der Waals surface area contributed by atoms with Gasteiger partial charge in [0.25, 0.3) is 17.5 Å². The fraction of sp³-hybridized carbons (Fsp3) is 0.438. The molecule has 0 bridgehead atoms. The first-order valence-corrected chi connectivity index (χ1v) is 7.72. The van der Waals surface area contributed by atoms with E-state index in [9.17, 15) is 27.6 Å². The number of hydrogen-bond donors (Lipinski definition) is 2. The molecular formula is C16H18F3N3O3. The van der Waals surface area contributed by atoms with Gasteiger partial charge in [0.05, 0.1) is 0 Å². The Morgan fingerprint density at radius 2 is 1.84 bits per heavy atom. The molecule has 1 aromatic rings. The van der Waals surface area contributed by atoms with Crippen molar-refractivity contribution >= 4 is 17.8 Å². The lowest BCUT2D eigenvalue weighted by Gasteiger charge is -2.29. The topological polar surface area (TPSA) is 78.5 Å². The largest absolute Gasteiger partial charge is 0.440 e. The fourth-order valence-corrected chi connectivity index (χ4v) is 2.39. The van der Waals surface area contributed by atoms with Crippen molar-refractivity contribution in [3.63, 3.8) is 0 Å². The van der Waals surface area contributed by atoms with E-state index in [1.807, 2.05) is 0 Å². The second kappa shape index (κ2) is 6.73. The van der Waals surface area contributed by atoms with Gasteiger partial charge < -0.3 is 5.32 Å². The van der Waals surface area contributed by atoms with Crippen molar-refractivity contribution in [3.8, 4) is 0 Å². The van der Waals surface area contributed by atoms with Crippen molar-refractivity contribution in [3.05, 3.63) is 35.4 Å². The third-order valence-electron chi connectivity index (χ3n) is 3.88. The average molecular weight is 357 g/mol. The first-order chi connectivity index (χ1) is 11.6. The number of nitrogens with zero attached hydrogens (tertiary/aromatic N) is 1. The monoisotopic (exact) mass is 357 g/mol. The van der Waals surface area contributed by atoms with Crippen LogP contribution in [0.1, 0.15) is 35.7 Å². The van der Waals surface area contributed by atoms with Gasteiger partial charge in [-0.2, -0.15) is 13.2 Å². The summed E-state index contributed by atoms with van der Waals surface area (Å²) in [6.45, 7) is 3.37. The predicted octanol–water partition coefficient (Wildman–Crippen LogP) is 2.34. The summed E-state index contributed by atoms with van der Waals surface area (Å²) >= 11 is 0. The molecule has 1 aliphatic rings. The summed E-state index contributed by atoms with van der Waals surface area (Å²) in [5.41, 5.74) is -2.69. The number of amides is 4. The molecule has 0 spiro atoms. The van der Waals surface area contributed by atoms with Gasteiger partial charge >= 0.3 is 12.2 Å². The van der Waals surface area contributed by atoms with Crippen molar-refractivity contribution in [2.24, 2.45) is 0 Å². The normalized spacial score (nSPS) is 20.6. The van der Waals surface area contributed by atoms with E-state index in [-0.39, 0.29) is 12.1 Å². The summed E-state index contributed by atoms with van der Waals surface area (Å²) < 4.78 is 40.8. The molecule has 1 heterocycles. The molecule has 0 saturated carbocycles. The zero-order valence-corrected chi connectivity index (χ0v) is 13.7. The highest BCUT2D eigenvalue weighted by molar-refractivity contribution is 6.10. The summed E-state index contributed by atoms with van der Waals surface area (Å²) in [7, 11) is 0. The first-order valence-electron chi connectivity index (χ1n) is 7.72. The molecule has 2 N–H and O–H groups in total. The van der Waals surface area contributed by atoms with E-state index < -0.39 is 29.7 Å². The van der Waals surface area contributed by atoms with Crippen LogP contribution in [0.5, 0.6) is 0 Å². The van der Waals surface area contributed by atoms with Crippen LogP contribution in [0, 0.1) is 6.92 Å². The second-order valence-electron chi connectivity index (χ2n) is 5.81. The lowest BCUT2D eigenvalue weighted by atomic mass is 10.1. The maximum Gasteiger partial charge on any atom is 0.440 e. The number of carbonyl (C=O) groups is 3. The van der Waals surface area contributed by atoms with Gasteiger partial charge in [0.2, 0.25) is 0 Å². The molecule has 6 nitrogen and oxygen atoms in total. The smallest absolute Gasteiger partial charge is 0.314 e. The van der Waals surface area contributed by atoms with Gasteiger partial charge in [-0.1, -0.05) is 31.0 Å². The first kappa shape index (κ1) is 18.8. The molecule has 1 unspecified atom stereocenters. The molecule has 1 fully saturated rings. The number of halogens is 3. The minimum atomic E-state index is -5.19. The summed E-state index contributed by atoms with van der Waals surface area (Å²) in [5.74, 6) is -2.64. The molecule has 2 rings (SSSR count). The molecule has 0 aromatic heterocycles. The molecule has 9 heteroatoms. The summed E-state index contributed by atoms with van der Waals surface area (Å²) in [6.07, 6.45) is -4.24. The molecular weight excluding hydrogens is 339 g/mol. The number of benzene rings is 1. The number of aryl methyl sites for hydroxylation is 1. The molecule has 0 radical (unpaired) electrons. The van der Waals surface area contributed by atoms with E-state index in [1.54, 1.807) is 36.6 Å². The van der Waals surface area contributed by atoms with Gasteiger partial charge in [0.15, 0.2) is 0 Å². The van der Waals surface area contributed by atoms with E-state index in [4.69, 9.17) is 0 Å². The number of hydrogen-bond acceptors (Lipinski definition) is 3. The van der Waals surface area contributed by atoms with Gasteiger partial charge in [-0.05, 0) is 25.5 Å². The van der Waals surface area contributed by atoms with E-state index in [1.165, 1.54) is 12.1 Å². The highest BCUT2D eigenvalue weighted by Gasteiger charge is 2.68. The number of imide groups is 1. The molecule has 1 saturated heterocycles. The predicted molar refractivity (Wildman–Crippen MR) is 82.6 cm³/mol. The molecule has 0 aliphatic carbocycles. The SMILES string of the molecule is CCCCN1C(=O)NC(NC(=O)c2ccc(C)cc2)(C(F)(F)F)C1=O. The van der Waals surface area contributed by atoms with Crippen LogP contribution in [-0.4, -0.2) is 41.1 Å². The van der Waals surface area contributed by atoms with Crippen LogP contribution in [-0.2, 0) is 4.79 Å². The Labute approximate surface area is 142 Å². The number of unbranched alkanes of at least 4 members (excludes halogenated alkanes) is 1. The summed E-state index contributed by atoms with van der Waals surface area (Å²) in [5, 5.41) is 3.28. The van der Waals surface area contributed by atoms with E-state index in [0.29, 0.717) is 17.7 Å². The number of rotatable bonds is 5. The Kier molecular flexibility index (Phi) is 5.05. The minimum absolute atomic E-state index is 0.0525. The fourth-order valence-electron chi connectivity index (χ4n) is 2.39. The van der Waals surface area contributed by atoms with Crippen LogP contribution in [0.25, 0.3) is 0 Å². The van der Waals surface area contributed by atoms with Crippen molar-refractivity contribution in [1.82, 2.24) is 15.5 Å². The van der Waals surface area contributed by atoms with Crippen LogP contribution in [0.15, 0.2) is 24.3 Å². The average Bonchev–Trinajstić information content (AvgIpc) is 2.77. The number of nitrogens with one attached hydrogen (secondary N) is 2. The molecule has 1 atom stereocenters.